The Hall–Kier alpha value is -4.28. The SMILES string of the molecule is O=C(N/N=C/c1cc([N+](=O)[O-])ccc1O)C(=O)Nc1ccccc1C(=O)NC1CCCCC1. The minimum absolute atomic E-state index is 0.0189. The Balaban J connectivity index is 1.61. The summed E-state index contributed by atoms with van der Waals surface area (Å²) in [4.78, 5) is 47.2. The van der Waals surface area contributed by atoms with Gasteiger partial charge in [0.2, 0.25) is 0 Å². The minimum atomic E-state index is -1.13. The predicted octanol–water partition coefficient (Wildman–Crippen LogP) is 2.45. The van der Waals surface area contributed by atoms with Crippen LogP contribution in [-0.2, 0) is 9.59 Å². The van der Waals surface area contributed by atoms with E-state index in [9.17, 15) is 29.6 Å². The molecular weight excluding hydrogens is 430 g/mol. The number of carbonyl (C=O) groups is 3. The molecule has 2 aromatic carbocycles. The van der Waals surface area contributed by atoms with Gasteiger partial charge in [-0.3, -0.25) is 24.5 Å². The number of aromatic hydroxyl groups is 1. The van der Waals surface area contributed by atoms with Gasteiger partial charge in [0.1, 0.15) is 5.75 Å². The number of hydrogen-bond donors (Lipinski definition) is 4. The van der Waals surface area contributed by atoms with Gasteiger partial charge in [-0.2, -0.15) is 5.10 Å². The van der Waals surface area contributed by atoms with Crippen LogP contribution in [0, 0.1) is 10.1 Å². The van der Waals surface area contributed by atoms with Crippen LogP contribution in [0.25, 0.3) is 0 Å². The first-order chi connectivity index (χ1) is 15.8. The molecule has 1 saturated carbocycles. The maximum absolute atomic E-state index is 12.7. The van der Waals surface area contributed by atoms with Crippen molar-refractivity contribution in [3.8, 4) is 5.75 Å². The third-order valence-corrected chi connectivity index (χ3v) is 5.16. The molecule has 1 fully saturated rings. The largest absolute Gasteiger partial charge is 0.507 e. The number of benzene rings is 2. The number of phenols is 1. The first-order valence-corrected chi connectivity index (χ1v) is 10.4. The molecule has 172 valence electrons. The summed E-state index contributed by atoms with van der Waals surface area (Å²) >= 11 is 0. The molecule has 11 heteroatoms. The molecule has 0 atom stereocenters. The smallest absolute Gasteiger partial charge is 0.329 e. The molecule has 0 saturated heterocycles. The van der Waals surface area contributed by atoms with E-state index in [0.717, 1.165) is 56.5 Å². The Morgan fingerprint density at radius 1 is 1.06 bits per heavy atom. The number of nitrogens with one attached hydrogen (secondary N) is 3. The van der Waals surface area contributed by atoms with Gasteiger partial charge in [-0.1, -0.05) is 31.4 Å². The number of nitro benzene ring substituents is 1. The Morgan fingerprint density at radius 3 is 2.52 bits per heavy atom. The lowest BCUT2D eigenvalue weighted by Gasteiger charge is -2.23. The van der Waals surface area contributed by atoms with Crippen LogP contribution in [0.3, 0.4) is 0 Å². The number of hydrazone groups is 1. The van der Waals surface area contributed by atoms with E-state index in [2.05, 4.69) is 15.7 Å². The average molecular weight is 453 g/mol. The fourth-order valence-electron chi connectivity index (χ4n) is 3.45. The van der Waals surface area contributed by atoms with E-state index in [0.29, 0.717) is 0 Å². The fourth-order valence-corrected chi connectivity index (χ4v) is 3.45. The zero-order valence-corrected chi connectivity index (χ0v) is 17.6. The van der Waals surface area contributed by atoms with E-state index in [1.54, 1.807) is 18.2 Å². The van der Waals surface area contributed by atoms with Gasteiger partial charge < -0.3 is 15.7 Å². The summed E-state index contributed by atoms with van der Waals surface area (Å²) in [7, 11) is 0. The number of anilines is 1. The highest BCUT2D eigenvalue weighted by Crippen LogP contribution is 2.21. The van der Waals surface area contributed by atoms with Gasteiger partial charge in [-0.15, -0.1) is 0 Å². The van der Waals surface area contributed by atoms with Gasteiger partial charge in [0.25, 0.3) is 11.6 Å². The first-order valence-electron chi connectivity index (χ1n) is 10.4. The Labute approximate surface area is 189 Å². The van der Waals surface area contributed by atoms with Crippen molar-refractivity contribution in [1.29, 1.82) is 0 Å². The first kappa shape index (κ1) is 23.4. The summed E-state index contributed by atoms with van der Waals surface area (Å²) < 4.78 is 0. The molecule has 0 aliphatic heterocycles. The third-order valence-electron chi connectivity index (χ3n) is 5.16. The number of hydrogen-bond acceptors (Lipinski definition) is 7. The number of phenolic OH excluding ortho intramolecular Hbond substituents is 1. The van der Waals surface area contributed by atoms with Crippen LogP contribution >= 0.6 is 0 Å². The highest BCUT2D eigenvalue weighted by Gasteiger charge is 2.21. The highest BCUT2D eigenvalue weighted by atomic mass is 16.6. The lowest BCUT2D eigenvalue weighted by Crippen LogP contribution is -2.37. The van der Waals surface area contributed by atoms with Gasteiger partial charge in [0.15, 0.2) is 0 Å². The van der Waals surface area contributed by atoms with Crippen LogP contribution < -0.4 is 16.1 Å². The molecule has 2 aromatic rings. The summed E-state index contributed by atoms with van der Waals surface area (Å²) in [6.07, 6.45) is 6.04. The summed E-state index contributed by atoms with van der Waals surface area (Å²) in [5.41, 5.74) is 2.09. The molecule has 33 heavy (non-hydrogen) atoms. The summed E-state index contributed by atoms with van der Waals surface area (Å²) in [6.45, 7) is 0. The van der Waals surface area contributed by atoms with Crippen LogP contribution in [0.1, 0.15) is 48.0 Å². The molecule has 0 heterocycles. The fraction of sp³-hybridized carbons (Fsp3) is 0.273. The van der Waals surface area contributed by atoms with E-state index in [-0.39, 0.29) is 40.2 Å². The Kier molecular flexibility index (Phi) is 7.68. The van der Waals surface area contributed by atoms with Crippen molar-refractivity contribution in [2.75, 3.05) is 5.32 Å². The molecule has 1 aliphatic rings. The monoisotopic (exact) mass is 453 g/mol. The van der Waals surface area contributed by atoms with E-state index in [1.165, 1.54) is 6.07 Å². The van der Waals surface area contributed by atoms with Crippen molar-refractivity contribution in [3.63, 3.8) is 0 Å². The number of nitro groups is 1. The second-order valence-electron chi connectivity index (χ2n) is 7.51. The molecule has 0 bridgehead atoms. The molecule has 3 amide bonds. The number of carbonyl (C=O) groups excluding carboxylic acids is 3. The standard InChI is InChI=1S/C22H23N5O6/c28-19-11-10-16(27(32)33)12-14(19)13-23-26-22(31)21(30)25-18-9-5-4-8-17(18)20(29)24-15-6-2-1-3-7-15/h4-5,8-13,15,28H,1-3,6-7H2,(H,24,29)(H,25,30)(H,26,31)/b23-13+. The number of amides is 3. The van der Waals surface area contributed by atoms with Crippen molar-refractivity contribution >= 4 is 35.3 Å². The van der Waals surface area contributed by atoms with Crippen LogP contribution in [0.5, 0.6) is 5.75 Å². The lowest BCUT2D eigenvalue weighted by atomic mass is 9.95. The van der Waals surface area contributed by atoms with E-state index < -0.39 is 16.7 Å². The second kappa shape index (κ2) is 10.8. The number of nitrogens with zero attached hydrogens (tertiary/aromatic N) is 2. The number of rotatable bonds is 6. The Morgan fingerprint density at radius 2 is 1.79 bits per heavy atom. The number of para-hydroxylation sites is 1. The minimum Gasteiger partial charge on any atom is -0.507 e. The summed E-state index contributed by atoms with van der Waals surface area (Å²) in [5.74, 6) is -2.81. The second-order valence-corrected chi connectivity index (χ2v) is 7.51. The Bertz CT molecular complexity index is 1090. The average Bonchev–Trinajstić information content (AvgIpc) is 2.81. The molecule has 0 radical (unpaired) electrons. The molecule has 4 N–H and O–H groups in total. The normalized spacial score (nSPS) is 13.9. The van der Waals surface area contributed by atoms with Crippen molar-refractivity contribution in [3.05, 3.63) is 63.7 Å². The van der Waals surface area contributed by atoms with Gasteiger partial charge in [-0.05, 0) is 31.0 Å². The van der Waals surface area contributed by atoms with Crippen LogP contribution in [0.2, 0.25) is 0 Å². The van der Waals surface area contributed by atoms with Crippen molar-refractivity contribution < 1.29 is 24.4 Å². The van der Waals surface area contributed by atoms with Crippen LogP contribution in [0.15, 0.2) is 47.6 Å². The van der Waals surface area contributed by atoms with E-state index in [1.807, 2.05) is 5.43 Å². The van der Waals surface area contributed by atoms with Crippen molar-refractivity contribution in [1.82, 2.24) is 10.7 Å². The highest BCUT2D eigenvalue weighted by molar-refractivity contribution is 6.40. The third kappa shape index (κ3) is 6.35. The van der Waals surface area contributed by atoms with Gasteiger partial charge in [0.05, 0.1) is 22.4 Å². The van der Waals surface area contributed by atoms with E-state index >= 15 is 0 Å². The number of non-ortho nitro benzene ring substituents is 1. The van der Waals surface area contributed by atoms with Crippen molar-refractivity contribution in [2.45, 2.75) is 38.1 Å². The molecule has 0 aromatic heterocycles. The quantitative estimate of drug-likeness (QED) is 0.227. The van der Waals surface area contributed by atoms with Crippen LogP contribution in [0.4, 0.5) is 11.4 Å². The lowest BCUT2D eigenvalue weighted by molar-refractivity contribution is -0.384. The molecule has 3 rings (SSSR count). The maximum Gasteiger partial charge on any atom is 0.329 e. The molecule has 0 unspecified atom stereocenters. The molecule has 11 nitrogen and oxygen atoms in total. The zero-order valence-electron chi connectivity index (χ0n) is 17.6. The zero-order chi connectivity index (χ0) is 23.8. The van der Waals surface area contributed by atoms with Gasteiger partial charge in [-0.25, -0.2) is 5.43 Å². The topological polar surface area (TPSA) is 163 Å². The molecular formula is C22H23N5O6. The summed E-state index contributed by atoms with van der Waals surface area (Å²) in [6, 6.07) is 9.70. The molecule has 1 aliphatic carbocycles. The van der Waals surface area contributed by atoms with Gasteiger partial charge >= 0.3 is 11.8 Å². The van der Waals surface area contributed by atoms with E-state index in [4.69, 9.17) is 0 Å². The van der Waals surface area contributed by atoms with Gasteiger partial charge in [0, 0.05) is 23.7 Å². The molecule has 0 spiro atoms. The maximum atomic E-state index is 12.7. The predicted molar refractivity (Wildman–Crippen MR) is 120 cm³/mol. The van der Waals surface area contributed by atoms with Crippen LogP contribution in [-0.4, -0.2) is 40.0 Å². The van der Waals surface area contributed by atoms with Crippen molar-refractivity contribution in [2.24, 2.45) is 5.10 Å². The summed E-state index contributed by atoms with van der Waals surface area (Å²) in [5, 5.41) is 29.5.